The number of ether oxygens (including phenoxy) is 1. The van der Waals surface area contributed by atoms with Crippen molar-refractivity contribution in [2.75, 3.05) is 13.1 Å². The van der Waals surface area contributed by atoms with Crippen LogP contribution in [-0.4, -0.2) is 39.8 Å². The summed E-state index contributed by atoms with van der Waals surface area (Å²) in [6.45, 7) is 4.17. The standard InChI is InChI=1S/C18H22N2O2/c1-18(21)14-20(13-15-6-5-10-19-12-15)11-9-17(18)22-16-7-3-2-4-8-16/h2-8,10,12,17,21H,9,11,13-14H2,1H3/t17-,18-/m0/s1. The monoisotopic (exact) mass is 298 g/mol. The van der Waals surface area contributed by atoms with E-state index < -0.39 is 5.60 Å². The Hall–Kier alpha value is -1.91. The van der Waals surface area contributed by atoms with Crippen molar-refractivity contribution in [1.82, 2.24) is 9.88 Å². The Morgan fingerprint density at radius 2 is 2.09 bits per heavy atom. The van der Waals surface area contributed by atoms with Gasteiger partial charge in [0.25, 0.3) is 0 Å². The maximum absolute atomic E-state index is 10.8. The number of hydrogen-bond donors (Lipinski definition) is 1. The molecule has 2 heterocycles. The third kappa shape index (κ3) is 3.64. The average Bonchev–Trinajstić information content (AvgIpc) is 2.52. The number of likely N-dealkylation sites (tertiary alicyclic amines) is 1. The van der Waals surface area contributed by atoms with Crippen molar-refractivity contribution >= 4 is 0 Å². The Bertz CT molecular complexity index is 587. The van der Waals surface area contributed by atoms with E-state index in [-0.39, 0.29) is 6.10 Å². The Kier molecular flexibility index (Phi) is 4.41. The van der Waals surface area contributed by atoms with Gasteiger partial charge in [0.05, 0.1) is 0 Å². The van der Waals surface area contributed by atoms with Gasteiger partial charge in [-0.2, -0.15) is 0 Å². The molecule has 4 nitrogen and oxygen atoms in total. The van der Waals surface area contributed by atoms with Crippen LogP contribution in [0.25, 0.3) is 0 Å². The molecule has 0 saturated carbocycles. The molecular formula is C18H22N2O2. The number of para-hydroxylation sites is 1. The number of aromatic nitrogens is 1. The second-order valence-corrected chi connectivity index (χ2v) is 6.14. The third-order valence-corrected chi connectivity index (χ3v) is 4.10. The zero-order chi connectivity index (χ0) is 15.4. The van der Waals surface area contributed by atoms with Gasteiger partial charge in [0.2, 0.25) is 0 Å². The normalized spacial score (nSPS) is 25.8. The van der Waals surface area contributed by atoms with Crippen molar-refractivity contribution in [3.8, 4) is 5.75 Å². The molecule has 0 bridgehead atoms. The van der Waals surface area contributed by atoms with Crippen LogP contribution in [0, 0.1) is 0 Å². The maximum Gasteiger partial charge on any atom is 0.129 e. The number of rotatable bonds is 4. The van der Waals surface area contributed by atoms with Crippen LogP contribution in [-0.2, 0) is 6.54 Å². The summed E-state index contributed by atoms with van der Waals surface area (Å²) in [5.41, 5.74) is 0.303. The first kappa shape index (κ1) is 15.0. The van der Waals surface area contributed by atoms with Gasteiger partial charge in [0, 0.05) is 32.0 Å². The van der Waals surface area contributed by atoms with E-state index >= 15 is 0 Å². The van der Waals surface area contributed by atoms with Crippen molar-refractivity contribution in [2.45, 2.75) is 31.6 Å². The number of piperidine rings is 1. The van der Waals surface area contributed by atoms with Crippen LogP contribution < -0.4 is 4.74 Å². The minimum Gasteiger partial charge on any atom is -0.487 e. The highest BCUT2D eigenvalue weighted by atomic mass is 16.5. The van der Waals surface area contributed by atoms with E-state index in [9.17, 15) is 5.11 Å². The lowest BCUT2D eigenvalue weighted by atomic mass is 9.91. The van der Waals surface area contributed by atoms with Gasteiger partial charge in [-0.25, -0.2) is 0 Å². The summed E-state index contributed by atoms with van der Waals surface area (Å²) in [6, 6.07) is 13.7. The van der Waals surface area contributed by atoms with Gasteiger partial charge < -0.3 is 9.84 Å². The smallest absolute Gasteiger partial charge is 0.129 e. The first-order chi connectivity index (χ1) is 10.6. The Morgan fingerprint density at radius 3 is 2.77 bits per heavy atom. The number of hydrogen-bond acceptors (Lipinski definition) is 4. The molecule has 2 aromatic rings. The molecule has 1 fully saturated rings. The highest BCUT2D eigenvalue weighted by Gasteiger charge is 2.39. The van der Waals surface area contributed by atoms with E-state index in [1.807, 2.05) is 49.5 Å². The summed E-state index contributed by atoms with van der Waals surface area (Å²) in [4.78, 5) is 6.40. The summed E-state index contributed by atoms with van der Waals surface area (Å²) in [7, 11) is 0. The number of β-amino-alcohol motifs (C(OH)–C–C–N with tert-alkyl or cyclic N) is 1. The van der Waals surface area contributed by atoms with Crippen LogP contribution in [0.15, 0.2) is 54.9 Å². The maximum atomic E-state index is 10.8. The molecule has 22 heavy (non-hydrogen) atoms. The molecule has 1 saturated heterocycles. The van der Waals surface area contributed by atoms with E-state index in [0.29, 0.717) is 6.54 Å². The van der Waals surface area contributed by atoms with Crippen molar-refractivity contribution in [3.63, 3.8) is 0 Å². The highest BCUT2D eigenvalue weighted by Crippen LogP contribution is 2.27. The Labute approximate surface area is 131 Å². The van der Waals surface area contributed by atoms with Crippen molar-refractivity contribution in [3.05, 3.63) is 60.4 Å². The highest BCUT2D eigenvalue weighted by molar-refractivity contribution is 5.22. The Balaban J connectivity index is 1.62. The lowest BCUT2D eigenvalue weighted by Crippen LogP contribution is -2.56. The van der Waals surface area contributed by atoms with Gasteiger partial charge in [-0.05, 0) is 37.1 Å². The lowest BCUT2D eigenvalue weighted by Gasteiger charge is -2.42. The minimum atomic E-state index is -0.865. The van der Waals surface area contributed by atoms with Crippen molar-refractivity contribution in [2.24, 2.45) is 0 Å². The predicted molar refractivity (Wildman–Crippen MR) is 85.6 cm³/mol. The van der Waals surface area contributed by atoms with E-state index in [2.05, 4.69) is 16.0 Å². The fourth-order valence-corrected chi connectivity index (χ4v) is 2.98. The van der Waals surface area contributed by atoms with Crippen LogP contribution in [0.2, 0.25) is 0 Å². The quantitative estimate of drug-likeness (QED) is 0.942. The van der Waals surface area contributed by atoms with Crippen LogP contribution in [0.1, 0.15) is 18.9 Å². The largest absolute Gasteiger partial charge is 0.487 e. The van der Waals surface area contributed by atoms with E-state index in [0.717, 1.165) is 25.3 Å². The van der Waals surface area contributed by atoms with Gasteiger partial charge in [0.15, 0.2) is 0 Å². The molecule has 2 atom stereocenters. The first-order valence-corrected chi connectivity index (χ1v) is 7.69. The molecule has 1 aliphatic rings. The summed E-state index contributed by atoms with van der Waals surface area (Å²) in [5.74, 6) is 0.813. The first-order valence-electron chi connectivity index (χ1n) is 7.69. The van der Waals surface area contributed by atoms with E-state index in [4.69, 9.17) is 4.74 Å². The number of aliphatic hydroxyl groups is 1. The molecule has 1 aliphatic heterocycles. The van der Waals surface area contributed by atoms with Gasteiger partial charge in [0.1, 0.15) is 17.5 Å². The van der Waals surface area contributed by atoms with Gasteiger partial charge in [-0.1, -0.05) is 24.3 Å². The van der Waals surface area contributed by atoms with E-state index in [1.165, 1.54) is 5.56 Å². The van der Waals surface area contributed by atoms with E-state index in [1.54, 1.807) is 6.20 Å². The van der Waals surface area contributed by atoms with Gasteiger partial charge in [-0.3, -0.25) is 9.88 Å². The molecule has 1 N–H and O–H groups in total. The third-order valence-electron chi connectivity index (χ3n) is 4.10. The molecule has 0 amide bonds. The van der Waals surface area contributed by atoms with Crippen LogP contribution in [0.4, 0.5) is 0 Å². The Morgan fingerprint density at radius 1 is 1.27 bits per heavy atom. The lowest BCUT2D eigenvalue weighted by molar-refractivity contribution is -0.0993. The van der Waals surface area contributed by atoms with Crippen molar-refractivity contribution < 1.29 is 9.84 Å². The molecule has 1 aromatic heterocycles. The molecular weight excluding hydrogens is 276 g/mol. The molecule has 116 valence electrons. The van der Waals surface area contributed by atoms with Gasteiger partial charge >= 0.3 is 0 Å². The molecule has 0 unspecified atom stereocenters. The minimum absolute atomic E-state index is 0.181. The second kappa shape index (κ2) is 6.46. The van der Waals surface area contributed by atoms with Crippen LogP contribution in [0.3, 0.4) is 0 Å². The second-order valence-electron chi connectivity index (χ2n) is 6.14. The molecule has 0 spiro atoms. The van der Waals surface area contributed by atoms with Gasteiger partial charge in [-0.15, -0.1) is 0 Å². The topological polar surface area (TPSA) is 45.6 Å². The fraction of sp³-hybridized carbons (Fsp3) is 0.389. The van der Waals surface area contributed by atoms with Crippen LogP contribution in [0.5, 0.6) is 5.75 Å². The summed E-state index contributed by atoms with van der Waals surface area (Å²) in [6.07, 6.45) is 4.28. The molecule has 1 aromatic carbocycles. The molecule has 3 rings (SSSR count). The molecule has 4 heteroatoms. The summed E-state index contributed by atoms with van der Waals surface area (Å²) >= 11 is 0. The summed E-state index contributed by atoms with van der Waals surface area (Å²) in [5, 5.41) is 10.8. The SMILES string of the molecule is C[C@]1(O)CN(Cc2cccnc2)CC[C@@H]1Oc1ccccc1. The number of nitrogens with zero attached hydrogens (tertiary/aromatic N) is 2. The number of pyridine rings is 1. The summed E-state index contributed by atoms with van der Waals surface area (Å²) < 4.78 is 5.98. The predicted octanol–water partition coefficient (Wildman–Crippen LogP) is 2.49. The zero-order valence-electron chi connectivity index (χ0n) is 12.9. The average molecular weight is 298 g/mol. The number of benzene rings is 1. The zero-order valence-corrected chi connectivity index (χ0v) is 12.9. The fourth-order valence-electron chi connectivity index (χ4n) is 2.98. The van der Waals surface area contributed by atoms with Crippen molar-refractivity contribution in [1.29, 1.82) is 0 Å². The molecule has 0 radical (unpaired) electrons. The van der Waals surface area contributed by atoms with Crippen LogP contribution >= 0.6 is 0 Å². The molecule has 0 aliphatic carbocycles.